The van der Waals surface area contributed by atoms with Crippen molar-refractivity contribution in [3.8, 4) is 0 Å². The molecule has 0 fully saturated rings. The quantitative estimate of drug-likeness (QED) is 0.581. The fourth-order valence-electron chi connectivity index (χ4n) is 2.72. The largest absolute Gasteiger partial charge is 0.346 e. The van der Waals surface area contributed by atoms with Gasteiger partial charge in [-0.05, 0) is 31.2 Å². The number of aromatic amines is 1. The minimum Gasteiger partial charge on any atom is -0.346 e. The molecular formula is C17H17F2N5O3S. The lowest BCUT2D eigenvalue weighted by Gasteiger charge is -2.23. The van der Waals surface area contributed by atoms with Gasteiger partial charge in [-0.2, -0.15) is 8.42 Å². The first kappa shape index (κ1) is 19.7. The van der Waals surface area contributed by atoms with E-state index in [-0.39, 0.29) is 12.2 Å². The molecule has 2 heterocycles. The van der Waals surface area contributed by atoms with E-state index in [1.165, 1.54) is 13.1 Å². The molecule has 0 aliphatic carbocycles. The van der Waals surface area contributed by atoms with Gasteiger partial charge in [0.1, 0.15) is 17.0 Å². The van der Waals surface area contributed by atoms with Crippen LogP contribution in [0.2, 0.25) is 0 Å². The number of hydrogen-bond donors (Lipinski definition) is 3. The maximum atomic E-state index is 14.9. The summed E-state index contributed by atoms with van der Waals surface area (Å²) in [6.45, 7) is 1.36. The second-order valence-electron chi connectivity index (χ2n) is 5.72. The van der Waals surface area contributed by atoms with E-state index < -0.39 is 39.0 Å². The maximum absolute atomic E-state index is 14.9. The highest BCUT2D eigenvalue weighted by Gasteiger charge is 2.27. The number of pyridine rings is 1. The van der Waals surface area contributed by atoms with Crippen molar-refractivity contribution in [2.45, 2.75) is 6.92 Å². The predicted octanol–water partition coefficient (Wildman–Crippen LogP) is 2.38. The Balaban J connectivity index is 1.99. The number of halogens is 2. The van der Waals surface area contributed by atoms with E-state index in [4.69, 9.17) is 0 Å². The van der Waals surface area contributed by atoms with Gasteiger partial charge in [-0.3, -0.25) is 9.10 Å². The van der Waals surface area contributed by atoms with Crippen LogP contribution in [0.15, 0.2) is 36.7 Å². The van der Waals surface area contributed by atoms with Gasteiger partial charge in [0.05, 0.1) is 17.6 Å². The van der Waals surface area contributed by atoms with Crippen LogP contribution >= 0.6 is 0 Å². The summed E-state index contributed by atoms with van der Waals surface area (Å²) in [6, 6.07) is 5.11. The molecule has 8 nitrogen and oxygen atoms in total. The highest BCUT2D eigenvalue weighted by Crippen LogP contribution is 2.27. The first-order valence-corrected chi connectivity index (χ1v) is 9.66. The Morgan fingerprint density at radius 1 is 1.29 bits per heavy atom. The number of anilines is 2. The zero-order chi connectivity index (χ0) is 20.5. The lowest BCUT2D eigenvalue weighted by Crippen LogP contribution is -2.39. The van der Waals surface area contributed by atoms with Gasteiger partial charge < -0.3 is 10.3 Å². The highest BCUT2D eigenvalue weighted by atomic mass is 32.2. The van der Waals surface area contributed by atoms with Crippen molar-refractivity contribution < 1.29 is 22.0 Å². The van der Waals surface area contributed by atoms with Crippen LogP contribution in [0.5, 0.6) is 0 Å². The molecule has 1 aromatic carbocycles. The van der Waals surface area contributed by atoms with E-state index in [2.05, 4.69) is 20.0 Å². The van der Waals surface area contributed by atoms with Crippen molar-refractivity contribution in [3.63, 3.8) is 0 Å². The third kappa shape index (κ3) is 3.53. The molecule has 3 N–H and O–H groups in total. The molecular weight excluding hydrogens is 392 g/mol. The monoisotopic (exact) mass is 409 g/mol. The number of rotatable bonds is 6. The summed E-state index contributed by atoms with van der Waals surface area (Å²) in [5.74, 6) is -3.47. The van der Waals surface area contributed by atoms with Crippen LogP contribution < -0.4 is 14.3 Å². The van der Waals surface area contributed by atoms with Crippen LogP contribution in [0.3, 0.4) is 0 Å². The number of nitrogens with zero attached hydrogens (tertiary/aromatic N) is 2. The van der Waals surface area contributed by atoms with Gasteiger partial charge in [-0.25, -0.2) is 18.5 Å². The van der Waals surface area contributed by atoms with Crippen molar-refractivity contribution in [2.24, 2.45) is 0 Å². The first-order valence-electron chi connectivity index (χ1n) is 8.22. The van der Waals surface area contributed by atoms with Crippen LogP contribution in [0, 0.1) is 11.6 Å². The Morgan fingerprint density at radius 2 is 2.04 bits per heavy atom. The Labute approximate surface area is 159 Å². The molecule has 0 bridgehead atoms. The molecule has 11 heteroatoms. The SMILES string of the molecule is CCN(c1ccc(F)c(C(=O)Nc2cnc3[nH]ccc3c2)c1F)S(=O)(=O)NC. The van der Waals surface area contributed by atoms with Gasteiger partial charge in [-0.15, -0.1) is 0 Å². The van der Waals surface area contributed by atoms with E-state index in [1.807, 2.05) is 0 Å². The summed E-state index contributed by atoms with van der Waals surface area (Å²) in [7, 11) is -2.88. The average Bonchev–Trinajstić information content (AvgIpc) is 3.12. The molecule has 1 amide bonds. The van der Waals surface area contributed by atoms with E-state index >= 15 is 0 Å². The number of H-pyrrole nitrogens is 1. The Kier molecular flexibility index (Phi) is 5.29. The fourth-order valence-corrected chi connectivity index (χ4v) is 3.68. The Hall–Kier alpha value is -3.05. The molecule has 0 radical (unpaired) electrons. The van der Waals surface area contributed by atoms with Crippen molar-refractivity contribution in [3.05, 3.63) is 53.9 Å². The van der Waals surface area contributed by atoms with Crippen molar-refractivity contribution >= 4 is 38.5 Å². The number of hydrogen-bond acceptors (Lipinski definition) is 4. The number of amides is 1. The van der Waals surface area contributed by atoms with E-state index in [9.17, 15) is 22.0 Å². The molecule has 0 atom stereocenters. The van der Waals surface area contributed by atoms with Crippen LogP contribution in [0.4, 0.5) is 20.2 Å². The first-order chi connectivity index (χ1) is 13.3. The number of carbonyl (C=O) groups excluding carboxylic acids is 1. The molecule has 0 spiro atoms. The number of aromatic nitrogens is 2. The topological polar surface area (TPSA) is 107 Å². The normalized spacial score (nSPS) is 11.6. The highest BCUT2D eigenvalue weighted by molar-refractivity contribution is 7.90. The average molecular weight is 409 g/mol. The van der Waals surface area contributed by atoms with Gasteiger partial charge in [0, 0.05) is 25.2 Å². The summed E-state index contributed by atoms with van der Waals surface area (Å²) >= 11 is 0. The van der Waals surface area contributed by atoms with Crippen LogP contribution in [-0.2, 0) is 10.2 Å². The lowest BCUT2D eigenvalue weighted by molar-refractivity contribution is 0.101. The smallest absolute Gasteiger partial charge is 0.301 e. The van der Waals surface area contributed by atoms with Gasteiger partial charge in [0.15, 0.2) is 5.82 Å². The second kappa shape index (κ2) is 7.52. The zero-order valence-corrected chi connectivity index (χ0v) is 15.8. The lowest BCUT2D eigenvalue weighted by atomic mass is 10.1. The number of benzene rings is 1. The maximum Gasteiger partial charge on any atom is 0.301 e. The van der Waals surface area contributed by atoms with E-state index in [0.717, 1.165) is 19.2 Å². The molecule has 0 saturated carbocycles. The standard InChI is InChI=1S/C17H17F2N5O3S/c1-3-24(28(26,27)20-2)13-5-4-12(18)14(15(13)19)17(25)23-11-8-10-6-7-21-16(10)22-9-11/h4-9,20H,3H2,1-2H3,(H,21,22)(H,23,25). The summed E-state index contributed by atoms with van der Waals surface area (Å²) in [6.07, 6.45) is 2.99. The van der Waals surface area contributed by atoms with E-state index in [1.54, 1.807) is 18.3 Å². The van der Waals surface area contributed by atoms with Crippen molar-refractivity contribution in [2.75, 3.05) is 23.2 Å². The summed E-state index contributed by atoms with van der Waals surface area (Å²) in [5.41, 5.74) is -0.510. The molecule has 148 valence electrons. The van der Waals surface area contributed by atoms with Crippen LogP contribution in [0.25, 0.3) is 11.0 Å². The summed E-state index contributed by atoms with van der Waals surface area (Å²) < 4.78 is 56.1. The molecule has 0 unspecified atom stereocenters. The predicted molar refractivity (Wildman–Crippen MR) is 101 cm³/mol. The minimum atomic E-state index is -4.04. The number of nitrogens with one attached hydrogen (secondary N) is 3. The minimum absolute atomic E-state index is 0.124. The van der Waals surface area contributed by atoms with Crippen molar-refractivity contribution in [1.82, 2.24) is 14.7 Å². The zero-order valence-electron chi connectivity index (χ0n) is 15.0. The molecule has 2 aromatic heterocycles. The number of fused-ring (bicyclic) bond motifs is 1. The van der Waals surface area contributed by atoms with Gasteiger partial charge in [-0.1, -0.05) is 0 Å². The molecule has 3 rings (SSSR count). The van der Waals surface area contributed by atoms with Gasteiger partial charge in [0.25, 0.3) is 5.91 Å². The Bertz CT molecular complexity index is 1150. The van der Waals surface area contributed by atoms with Crippen LogP contribution in [0.1, 0.15) is 17.3 Å². The second-order valence-corrected chi connectivity index (χ2v) is 7.52. The molecule has 0 aliphatic rings. The van der Waals surface area contributed by atoms with E-state index in [0.29, 0.717) is 15.3 Å². The number of carbonyl (C=O) groups is 1. The van der Waals surface area contributed by atoms with Gasteiger partial charge in [0.2, 0.25) is 0 Å². The molecule has 0 saturated heterocycles. The van der Waals surface area contributed by atoms with Crippen LogP contribution in [-0.4, -0.2) is 37.9 Å². The third-order valence-corrected chi connectivity index (χ3v) is 5.61. The molecule has 0 aliphatic heterocycles. The molecule has 28 heavy (non-hydrogen) atoms. The molecule has 3 aromatic rings. The van der Waals surface area contributed by atoms with Gasteiger partial charge >= 0.3 is 10.2 Å². The Morgan fingerprint density at radius 3 is 2.71 bits per heavy atom. The van der Waals surface area contributed by atoms with Crippen molar-refractivity contribution in [1.29, 1.82) is 0 Å². The summed E-state index contributed by atoms with van der Waals surface area (Å²) in [5, 5.41) is 3.08. The summed E-state index contributed by atoms with van der Waals surface area (Å²) in [4.78, 5) is 19.5. The third-order valence-electron chi connectivity index (χ3n) is 4.06. The fraction of sp³-hybridized carbons (Fsp3) is 0.176.